The van der Waals surface area contributed by atoms with E-state index < -0.39 is 41.1 Å². The summed E-state index contributed by atoms with van der Waals surface area (Å²) in [5.41, 5.74) is 0.830. The van der Waals surface area contributed by atoms with Gasteiger partial charge >= 0.3 is 12.1 Å². The predicted octanol–water partition coefficient (Wildman–Crippen LogP) is 2.36. The van der Waals surface area contributed by atoms with Crippen molar-refractivity contribution in [2.75, 3.05) is 23.4 Å². The fraction of sp³-hybridized carbons (Fsp3) is 0.370. The molecule has 2 aliphatic heterocycles. The first-order valence-electron chi connectivity index (χ1n) is 12.5. The van der Waals surface area contributed by atoms with E-state index in [-0.39, 0.29) is 23.3 Å². The molecule has 0 saturated carbocycles. The Hall–Kier alpha value is -4.61. The van der Waals surface area contributed by atoms with E-state index in [1.165, 1.54) is 4.90 Å². The van der Waals surface area contributed by atoms with Crippen molar-refractivity contribution in [3.05, 3.63) is 53.6 Å². The summed E-state index contributed by atoms with van der Waals surface area (Å²) in [4.78, 5) is 64.2. The van der Waals surface area contributed by atoms with Crippen molar-refractivity contribution in [1.29, 1.82) is 0 Å². The van der Waals surface area contributed by atoms with Gasteiger partial charge in [-0.25, -0.2) is 9.59 Å². The van der Waals surface area contributed by atoms with Gasteiger partial charge in [0.05, 0.1) is 5.69 Å². The minimum absolute atomic E-state index is 0. The van der Waals surface area contributed by atoms with Gasteiger partial charge in [-0.1, -0.05) is 18.2 Å². The molecule has 0 bridgehead atoms. The molecule has 0 radical (unpaired) electrons. The van der Waals surface area contributed by atoms with Crippen molar-refractivity contribution < 1.29 is 37.7 Å². The number of carbonyl (C=O) groups is 5. The van der Waals surface area contributed by atoms with Gasteiger partial charge in [0.15, 0.2) is 0 Å². The lowest BCUT2D eigenvalue weighted by molar-refractivity contribution is -0.123. The zero-order valence-electron chi connectivity index (χ0n) is 21.8. The summed E-state index contributed by atoms with van der Waals surface area (Å²) in [6, 6.07) is 10.5. The quantitative estimate of drug-likeness (QED) is 0.433. The lowest BCUT2D eigenvalue weighted by Gasteiger charge is -2.25. The van der Waals surface area contributed by atoms with Crippen LogP contribution in [0.2, 0.25) is 0 Å². The Bertz CT molecular complexity index is 1400. The molecule has 2 unspecified atom stereocenters. The zero-order chi connectivity index (χ0) is 27.9. The molecule has 4 N–H and O–H groups in total. The Balaban J connectivity index is 0.00000205. The van der Waals surface area contributed by atoms with Crippen molar-refractivity contribution >= 4 is 41.2 Å². The average Bonchev–Trinajstić information content (AvgIpc) is 3.31. The molecule has 2 aromatic rings. The molecule has 210 valence electrons. The average molecular weight is 542 g/mol. The number of imide groups is 1. The third-order valence-corrected chi connectivity index (χ3v) is 6.61. The normalized spacial score (nSPS) is 21.8. The van der Waals surface area contributed by atoms with E-state index in [9.17, 15) is 24.0 Å². The number of urea groups is 1. The Labute approximate surface area is 228 Å². The third kappa shape index (κ3) is 5.35. The molecule has 6 amide bonds. The number of ether oxygens (including phenoxy) is 2. The highest BCUT2D eigenvalue weighted by Crippen LogP contribution is 2.34. The maximum atomic E-state index is 13.5. The van der Waals surface area contributed by atoms with Crippen molar-refractivity contribution in [2.45, 2.75) is 50.8 Å². The smallest absolute Gasteiger partial charge is 0.408 e. The Morgan fingerprint density at radius 2 is 1.87 bits per heavy atom. The van der Waals surface area contributed by atoms with E-state index in [0.717, 1.165) is 11.1 Å². The monoisotopic (exact) mass is 541 g/mol. The van der Waals surface area contributed by atoms with Gasteiger partial charge in [0.25, 0.3) is 11.8 Å². The molecule has 2 atom stereocenters. The molecule has 3 aliphatic rings. The summed E-state index contributed by atoms with van der Waals surface area (Å²) in [6.07, 6.45) is -0.112. The second-order valence-electron chi connectivity index (χ2n) is 10.8. The minimum atomic E-state index is -1.08. The van der Waals surface area contributed by atoms with Crippen molar-refractivity contribution in [1.82, 2.24) is 16.0 Å². The summed E-state index contributed by atoms with van der Waals surface area (Å²) in [5.74, 6) is -0.980. The summed E-state index contributed by atoms with van der Waals surface area (Å²) in [5, 5.41) is 10.3. The van der Waals surface area contributed by atoms with Crippen molar-refractivity contribution in [3.8, 4) is 5.75 Å². The molecule has 0 aromatic heterocycles. The summed E-state index contributed by atoms with van der Waals surface area (Å²) >= 11 is 0. The van der Waals surface area contributed by atoms with Crippen LogP contribution in [0.3, 0.4) is 0 Å². The first-order chi connectivity index (χ1) is 18.4. The number of carbonyl (C=O) groups excluding carboxylic acids is 5. The highest BCUT2D eigenvalue weighted by molar-refractivity contribution is 6.08. The lowest BCUT2D eigenvalue weighted by Crippen LogP contribution is -2.52. The van der Waals surface area contributed by atoms with Gasteiger partial charge in [0.1, 0.15) is 36.1 Å². The Morgan fingerprint density at radius 1 is 1.13 bits per heavy atom. The zero-order valence-corrected chi connectivity index (χ0v) is 21.8. The second kappa shape index (κ2) is 9.61. The molecule has 1 aliphatic carbocycles. The number of amides is 6. The number of alkyl carbamates (subject to hydrolysis) is 1. The van der Waals surface area contributed by atoms with Gasteiger partial charge in [-0.15, -0.1) is 0 Å². The van der Waals surface area contributed by atoms with E-state index in [1.54, 1.807) is 63.2 Å². The summed E-state index contributed by atoms with van der Waals surface area (Å²) in [6.45, 7) is 4.65. The molecular formula is C27H35N5O7. The predicted molar refractivity (Wildman–Crippen MR) is 146 cm³/mol. The molecular weight excluding hydrogens is 506 g/mol. The number of benzene rings is 2. The number of nitrogens with zero attached hydrogens (tertiary/aromatic N) is 1. The van der Waals surface area contributed by atoms with Crippen LogP contribution in [0, 0.1) is 0 Å². The number of anilines is 2. The van der Waals surface area contributed by atoms with Crippen LogP contribution >= 0.6 is 0 Å². The molecule has 12 nitrogen and oxygen atoms in total. The van der Waals surface area contributed by atoms with Crippen molar-refractivity contribution in [2.24, 2.45) is 0 Å². The maximum absolute atomic E-state index is 13.5. The molecule has 12 heteroatoms. The summed E-state index contributed by atoms with van der Waals surface area (Å²) in [7, 11) is 0. The van der Waals surface area contributed by atoms with Crippen LogP contribution in [-0.2, 0) is 32.0 Å². The van der Waals surface area contributed by atoms with Crippen LogP contribution < -0.4 is 30.9 Å². The lowest BCUT2D eigenvalue weighted by atomic mass is 9.96. The molecule has 39 heavy (non-hydrogen) atoms. The van der Waals surface area contributed by atoms with Crippen LogP contribution in [0.5, 0.6) is 5.75 Å². The molecule has 2 aromatic carbocycles. The largest absolute Gasteiger partial charge is 0.489 e. The topological polar surface area (TPSA) is 155 Å². The summed E-state index contributed by atoms with van der Waals surface area (Å²) < 4.78 is 11.1. The molecule has 1 spiro atoms. The van der Waals surface area contributed by atoms with Crippen LogP contribution in [0.1, 0.15) is 36.2 Å². The first-order valence-corrected chi connectivity index (χ1v) is 12.5. The van der Waals surface area contributed by atoms with Gasteiger partial charge in [0, 0.05) is 22.8 Å². The Morgan fingerprint density at radius 3 is 2.59 bits per heavy atom. The van der Waals surface area contributed by atoms with Crippen molar-refractivity contribution in [3.63, 3.8) is 0 Å². The van der Waals surface area contributed by atoms with E-state index in [2.05, 4.69) is 21.3 Å². The van der Waals surface area contributed by atoms with Gasteiger partial charge < -0.3 is 25.4 Å². The highest BCUT2D eigenvalue weighted by atomic mass is 16.6. The standard InChI is InChI=1S/C27H29N5O7.3H2/c1-26(2,3)39-25(37)29-18-14-38-20-7-5-4-6-19(20)32(22(18)34)13-21(33)28-17-9-8-15-11-27(12-16(15)10-17)23(35)30-24(36)31-27;;;/h4-10,18H,11-14H2,1-3H3,(H,28,33)(H,29,37)(H2,30,31,35,36);3*1H. The third-order valence-electron chi connectivity index (χ3n) is 6.61. The van der Waals surface area contributed by atoms with Crippen LogP contribution in [0.15, 0.2) is 42.5 Å². The molecule has 1 fully saturated rings. The molecule has 1 saturated heterocycles. The SMILES string of the molecule is CC(C)(C)OC(=O)NC1COc2ccccc2N(CC(=O)Nc2ccc3c(c2)CC2(C3)NC(=O)NC2=O)C1=O.[HH].[HH].[HH]. The van der Waals surface area contributed by atoms with Crippen LogP contribution in [0.4, 0.5) is 21.0 Å². The van der Waals surface area contributed by atoms with E-state index in [0.29, 0.717) is 30.0 Å². The number of hydrogen-bond acceptors (Lipinski definition) is 7. The maximum Gasteiger partial charge on any atom is 0.408 e. The van der Waals surface area contributed by atoms with Crippen LogP contribution in [0.25, 0.3) is 0 Å². The van der Waals surface area contributed by atoms with Gasteiger partial charge in [-0.3, -0.25) is 24.6 Å². The first kappa shape index (κ1) is 26.0. The van der Waals surface area contributed by atoms with E-state index >= 15 is 0 Å². The number of fused-ring (bicyclic) bond motifs is 2. The highest BCUT2D eigenvalue weighted by Gasteiger charge is 2.50. The number of hydrogen-bond donors (Lipinski definition) is 4. The Kier molecular flexibility index (Phi) is 6.41. The number of para-hydroxylation sites is 2. The molecule has 2 heterocycles. The van der Waals surface area contributed by atoms with Gasteiger partial charge in [0.2, 0.25) is 5.91 Å². The fourth-order valence-electron chi connectivity index (χ4n) is 4.94. The van der Waals surface area contributed by atoms with E-state index in [4.69, 9.17) is 9.47 Å². The number of rotatable bonds is 4. The number of nitrogens with one attached hydrogen (secondary N) is 4. The van der Waals surface area contributed by atoms with Crippen LogP contribution in [-0.4, -0.2) is 60.2 Å². The van der Waals surface area contributed by atoms with Gasteiger partial charge in [-0.2, -0.15) is 0 Å². The molecule has 5 rings (SSSR count). The minimum Gasteiger partial charge on any atom is -0.489 e. The van der Waals surface area contributed by atoms with Gasteiger partial charge in [-0.05, 0) is 56.2 Å². The van der Waals surface area contributed by atoms with E-state index in [1.807, 2.05) is 0 Å². The second-order valence-corrected chi connectivity index (χ2v) is 10.8. The fourth-order valence-corrected chi connectivity index (χ4v) is 4.94.